The summed E-state index contributed by atoms with van der Waals surface area (Å²) in [6.45, 7) is 2.84. The first-order valence-electron chi connectivity index (χ1n) is 4.79. The van der Waals surface area contributed by atoms with E-state index in [0.717, 1.165) is 16.3 Å². The highest BCUT2D eigenvalue weighted by Crippen LogP contribution is 2.21. The van der Waals surface area contributed by atoms with Gasteiger partial charge in [-0.3, -0.25) is 0 Å². The predicted molar refractivity (Wildman–Crippen MR) is 61.5 cm³/mol. The summed E-state index contributed by atoms with van der Waals surface area (Å²) in [6.07, 6.45) is -0.115. The van der Waals surface area contributed by atoms with Gasteiger partial charge < -0.3 is 15.2 Å². The van der Waals surface area contributed by atoms with Crippen molar-refractivity contribution in [3.8, 4) is 5.75 Å². The van der Waals surface area contributed by atoms with Gasteiger partial charge in [0, 0.05) is 18.7 Å². The summed E-state index contributed by atoms with van der Waals surface area (Å²) in [5.41, 5.74) is 6.53. The zero-order chi connectivity index (χ0) is 11.3. The van der Waals surface area contributed by atoms with Crippen LogP contribution in [0.1, 0.15) is 5.56 Å². The largest absolute Gasteiger partial charge is 0.487 e. The first-order chi connectivity index (χ1) is 7.17. The van der Waals surface area contributed by atoms with E-state index in [4.69, 9.17) is 26.8 Å². The Labute approximate surface area is 95.1 Å². The van der Waals surface area contributed by atoms with Crippen LogP contribution in [0.25, 0.3) is 0 Å². The quantitative estimate of drug-likeness (QED) is 0.840. The molecule has 0 aliphatic heterocycles. The summed E-state index contributed by atoms with van der Waals surface area (Å²) in [5.74, 6) is 0.768. The normalized spacial score (nSPS) is 12.5. The summed E-state index contributed by atoms with van der Waals surface area (Å²) in [6, 6.07) is 5.53. The zero-order valence-corrected chi connectivity index (χ0v) is 9.75. The standard InChI is InChI=1S/C11H16ClNO2/c1-8-5-9(3-4-11(8)12)15-10(6-13)7-14-2/h3-5,10H,6-7,13H2,1-2H3. The molecule has 0 saturated heterocycles. The summed E-state index contributed by atoms with van der Waals surface area (Å²) >= 11 is 5.91. The van der Waals surface area contributed by atoms with E-state index in [0.29, 0.717) is 13.2 Å². The molecular formula is C11H16ClNO2. The lowest BCUT2D eigenvalue weighted by Crippen LogP contribution is -2.31. The van der Waals surface area contributed by atoms with Gasteiger partial charge in [-0.15, -0.1) is 0 Å². The number of methoxy groups -OCH3 is 1. The lowest BCUT2D eigenvalue weighted by molar-refractivity contribution is 0.0860. The molecule has 2 N–H and O–H groups in total. The van der Waals surface area contributed by atoms with Crippen molar-refractivity contribution in [3.63, 3.8) is 0 Å². The van der Waals surface area contributed by atoms with Crippen molar-refractivity contribution in [2.45, 2.75) is 13.0 Å². The Morgan fingerprint density at radius 2 is 2.20 bits per heavy atom. The van der Waals surface area contributed by atoms with Crippen LogP contribution in [0.5, 0.6) is 5.75 Å². The van der Waals surface area contributed by atoms with Crippen LogP contribution in [0.3, 0.4) is 0 Å². The molecule has 1 rings (SSSR count). The van der Waals surface area contributed by atoms with Crippen LogP contribution in [0.2, 0.25) is 5.02 Å². The van der Waals surface area contributed by atoms with E-state index in [1.54, 1.807) is 7.11 Å². The third-order valence-electron chi connectivity index (χ3n) is 2.05. The Balaban J connectivity index is 2.66. The molecule has 0 amide bonds. The molecule has 0 saturated carbocycles. The topological polar surface area (TPSA) is 44.5 Å². The third kappa shape index (κ3) is 3.70. The van der Waals surface area contributed by atoms with Crippen LogP contribution >= 0.6 is 11.6 Å². The molecule has 1 atom stereocenters. The molecule has 0 fully saturated rings. The van der Waals surface area contributed by atoms with Gasteiger partial charge in [0.25, 0.3) is 0 Å². The number of halogens is 1. The van der Waals surface area contributed by atoms with Gasteiger partial charge in [0.1, 0.15) is 11.9 Å². The van der Waals surface area contributed by atoms with Crippen molar-refractivity contribution in [1.82, 2.24) is 0 Å². The first-order valence-corrected chi connectivity index (χ1v) is 5.17. The van der Waals surface area contributed by atoms with Gasteiger partial charge in [-0.25, -0.2) is 0 Å². The summed E-state index contributed by atoms with van der Waals surface area (Å²) in [5, 5.41) is 0.735. The Kier molecular flexibility index (Phi) is 4.88. The molecule has 1 aromatic carbocycles. The molecule has 0 aliphatic carbocycles. The van der Waals surface area contributed by atoms with Crippen LogP contribution in [0, 0.1) is 6.92 Å². The summed E-state index contributed by atoms with van der Waals surface area (Å²) < 4.78 is 10.6. The lowest BCUT2D eigenvalue weighted by atomic mass is 10.2. The summed E-state index contributed by atoms with van der Waals surface area (Å²) in [4.78, 5) is 0. The maximum Gasteiger partial charge on any atom is 0.134 e. The number of rotatable bonds is 5. The van der Waals surface area contributed by atoms with E-state index in [2.05, 4.69) is 0 Å². The molecule has 3 nitrogen and oxygen atoms in total. The van der Waals surface area contributed by atoms with Crippen molar-refractivity contribution in [3.05, 3.63) is 28.8 Å². The highest BCUT2D eigenvalue weighted by Gasteiger charge is 2.08. The van der Waals surface area contributed by atoms with Crippen molar-refractivity contribution >= 4 is 11.6 Å². The molecule has 4 heteroatoms. The van der Waals surface area contributed by atoms with Gasteiger partial charge in [0.2, 0.25) is 0 Å². The van der Waals surface area contributed by atoms with E-state index in [1.165, 1.54) is 0 Å². The number of hydrogen-bond donors (Lipinski definition) is 1. The highest BCUT2D eigenvalue weighted by atomic mass is 35.5. The molecule has 84 valence electrons. The van der Waals surface area contributed by atoms with E-state index >= 15 is 0 Å². The second kappa shape index (κ2) is 5.95. The number of benzene rings is 1. The van der Waals surface area contributed by atoms with Gasteiger partial charge in [0.15, 0.2) is 0 Å². The predicted octanol–water partition coefficient (Wildman–Crippen LogP) is 2.00. The van der Waals surface area contributed by atoms with Gasteiger partial charge in [-0.1, -0.05) is 11.6 Å². The van der Waals surface area contributed by atoms with Crippen molar-refractivity contribution in [2.24, 2.45) is 5.73 Å². The highest BCUT2D eigenvalue weighted by molar-refractivity contribution is 6.31. The zero-order valence-electron chi connectivity index (χ0n) is 9.00. The van der Waals surface area contributed by atoms with Gasteiger partial charge in [-0.05, 0) is 30.7 Å². The smallest absolute Gasteiger partial charge is 0.134 e. The molecule has 0 radical (unpaired) electrons. The Morgan fingerprint density at radius 1 is 1.47 bits per heavy atom. The Morgan fingerprint density at radius 3 is 2.73 bits per heavy atom. The third-order valence-corrected chi connectivity index (χ3v) is 2.47. The minimum atomic E-state index is -0.115. The molecule has 15 heavy (non-hydrogen) atoms. The van der Waals surface area contributed by atoms with Crippen molar-refractivity contribution < 1.29 is 9.47 Å². The van der Waals surface area contributed by atoms with E-state index < -0.39 is 0 Å². The van der Waals surface area contributed by atoms with Crippen LogP contribution in [-0.2, 0) is 4.74 Å². The fraction of sp³-hybridized carbons (Fsp3) is 0.455. The second-order valence-electron chi connectivity index (χ2n) is 3.34. The van der Waals surface area contributed by atoms with Crippen LogP contribution in [-0.4, -0.2) is 26.4 Å². The monoisotopic (exact) mass is 229 g/mol. The summed E-state index contributed by atoms with van der Waals surface area (Å²) in [7, 11) is 1.62. The molecule has 0 aliphatic rings. The molecular weight excluding hydrogens is 214 g/mol. The average molecular weight is 230 g/mol. The van der Waals surface area contributed by atoms with Crippen LogP contribution < -0.4 is 10.5 Å². The van der Waals surface area contributed by atoms with Crippen molar-refractivity contribution in [2.75, 3.05) is 20.3 Å². The molecule has 0 aromatic heterocycles. The second-order valence-corrected chi connectivity index (χ2v) is 3.75. The first kappa shape index (κ1) is 12.3. The van der Waals surface area contributed by atoms with Crippen molar-refractivity contribution in [1.29, 1.82) is 0 Å². The Bertz CT molecular complexity index is 317. The SMILES string of the molecule is COCC(CN)Oc1ccc(Cl)c(C)c1. The fourth-order valence-corrected chi connectivity index (χ4v) is 1.34. The van der Waals surface area contributed by atoms with E-state index in [-0.39, 0.29) is 6.10 Å². The molecule has 0 bridgehead atoms. The number of ether oxygens (including phenoxy) is 2. The molecule has 0 heterocycles. The number of nitrogens with two attached hydrogens (primary N) is 1. The maximum atomic E-state index is 5.91. The van der Waals surface area contributed by atoms with E-state index in [1.807, 2.05) is 25.1 Å². The van der Waals surface area contributed by atoms with Crippen LogP contribution in [0.4, 0.5) is 0 Å². The fourth-order valence-electron chi connectivity index (χ4n) is 1.22. The Hall–Kier alpha value is -0.770. The number of hydrogen-bond acceptors (Lipinski definition) is 3. The molecule has 0 spiro atoms. The number of aryl methyl sites for hydroxylation is 1. The molecule has 1 aromatic rings. The maximum absolute atomic E-state index is 5.91. The van der Waals surface area contributed by atoms with E-state index in [9.17, 15) is 0 Å². The minimum absolute atomic E-state index is 0.115. The van der Waals surface area contributed by atoms with Gasteiger partial charge >= 0.3 is 0 Å². The minimum Gasteiger partial charge on any atom is -0.487 e. The molecule has 1 unspecified atom stereocenters. The van der Waals surface area contributed by atoms with Crippen LogP contribution in [0.15, 0.2) is 18.2 Å². The lowest BCUT2D eigenvalue weighted by Gasteiger charge is -2.16. The average Bonchev–Trinajstić information content (AvgIpc) is 2.23. The van der Waals surface area contributed by atoms with Gasteiger partial charge in [0.05, 0.1) is 6.61 Å². The van der Waals surface area contributed by atoms with Gasteiger partial charge in [-0.2, -0.15) is 0 Å².